The number of aliphatic hydroxyl groups excluding tert-OH is 1. The van der Waals surface area contributed by atoms with Crippen molar-refractivity contribution in [3.63, 3.8) is 0 Å². The molecule has 2 aromatic heterocycles. The molecule has 0 unspecified atom stereocenters. The summed E-state index contributed by atoms with van der Waals surface area (Å²) in [6.07, 6.45) is -5.63. The highest BCUT2D eigenvalue weighted by atomic mass is 19.4. The van der Waals surface area contributed by atoms with Crippen LogP contribution in [0.3, 0.4) is 0 Å². The van der Waals surface area contributed by atoms with Crippen LogP contribution in [0.1, 0.15) is 22.9 Å². The Morgan fingerprint density at radius 2 is 1.40 bits per heavy atom. The van der Waals surface area contributed by atoms with Gasteiger partial charge in [0.15, 0.2) is 11.7 Å². The molecule has 262 valence electrons. The van der Waals surface area contributed by atoms with Crippen LogP contribution in [0.2, 0.25) is 0 Å². The highest BCUT2D eigenvalue weighted by Gasteiger charge is 2.58. The molecule has 9 nitrogen and oxygen atoms in total. The molecule has 17 heteroatoms. The van der Waals surface area contributed by atoms with E-state index in [2.05, 4.69) is 20.5 Å². The van der Waals surface area contributed by atoms with E-state index in [4.69, 9.17) is 0 Å². The Kier molecular flexibility index (Phi) is 9.21. The number of benzene rings is 3. The number of alkyl halides is 5. The molecule has 3 heterocycles. The van der Waals surface area contributed by atoms with Crippen molar-refractivity contribution in [1.29, 1.82) is 0 Å². The number of pyridine rings is 1. The third-order valence-electron chi connectivity index (χ3n) is 8.50. The fourth-order valence-corrected chi connectivity index (χ4v) is 5.84. The van der Waals surface area contributed by atoms with E-state index in [9.17, 15) is 36.6 Å². The summed E-state index contributed by atoms with van der Waals surface area (Å²) in [6.45, 7) is 0.613. The molecular weight excluding hydrogens is 678 g/mol. The van der Waals surface area contributed by atoms with Crippen LogP contribution in [-0.2, 0) is 18.1 Å². The van der Waals surface area contributed by atoms with Gasteiger partial charge in [0.2, 0.25) is 0 Å². The standard InChI is InChI=1S/C33H27F8N7O2/c34-23-4-7-27(28(36)16-23)31(50,18-48-19-43-44-45-48)32(37,38)29-8-3-21(17-42-29)20-1-5-25(6-2-20)46-9-11-47(12-10-46)26-14-22(13-24(35)15-26)30(49)33(39,40)41/h1-8,13-17,19,30,49-50H,9-12,18H2/t30-,31+/m1/s1. The monoisotopic (exact) mass is 705 g/mol. The van der Waals surface area contributed by atoms with Crippen LogP contribution < -0.4 is 9.80 Å². The van der Waals surface area contributed by atoms with E-state index in [1.807, 2.05) is 4.90 Å². The van der Waals surface area contributed by atoms with Gasteiger partial charge in [-0.1, -0.05) is 18.2 Å². The first-order valence-corrected chi connectivity index (χ1v) is 15.0. The van der Waals surface area contributed by atoms with Crippen molar-refractivity contribution in [1.82, 2.24) is 25.2 Å². The highest BCUT2D eigenvalue weighted by Crippen LogP contribution is 2.47. The van der Waals surface area contributed by atoms with Crippen molar-refractivity contribution >= 4 is 11.4 Å². The van der Waals surface area contributed by atoms with Gasteiger partial charge in [0.05, 0.1) is 6.54 Å². The van der Waals surface area contributed by atoms with Crippen molar-refractivity contribution in [3.05, 3.63) is 120 Å². The Morgan fingerprint density at radius 1 is 0.740 bits per heavy atom. The molecule has 1 saturated heterocycles. The molecule has 5 aromatic rings. The second-order valence-corrected chi connectivity index (χ2v) is 11.7. The Morgan fingerprint density at radius 3 is 1.98 bits per heavy atom. The van der Waals surface area contributed by atoms with Gasteiger partial charge in [0, 0.05) is 60.9 Å². The summed E-state index contributed by atoms with van der Waals surface area (Å²) in [7, 11) is 0. The van der Waals surface area contributed by atoms with E-state index >= 15 is 8.78 Å². The van der Waals surface area contributed by atoms with Gasteiger partial charge in [-0.25, -0.2) is 17.9 Å². The molecule has 0 saturated carbocycles. The van der Waals surface area contributed by atoms with Crippen LogP contribution in [-0.4, -0.2) is 67.8 Å². The van der Waals surface area contributed by atoms with Crippen molar-refractivity contribution in [2.24, 2.45) is 0 Å². The fourth-order valence-electron chi connectivity index (χ4n) is 5.84. The van der Waals surface area contributed by atoms with Gasteiger partial charge in [-0.05, 0) is 70.1 Å². The number of rotatable bonds is 9. The van der Waals surface area contributed by atoms with Gasteiger partial charge in [0.25, 0.3) is 0 Å². The lowest BCUT2D eigenvalue weighted by Gasteiger charge is -2.37. The molecule has 0 amide bonds. The summed E-state index contributed by atoms with van der Waals surface area (Å²) in [5.74, 6) is -7.54. The number of nitrogens with zero attached hydrogens (tertiary/aromatic N) is 7. The first kappa shape index (κ1) is 34.7. The Balaban J connectivity index is 1.16. The summed E-state index contributed by atoms with van der Waals surface area (Å²) in [4.78, 5) is 7.62. The normalized spacial score (nSPS) is 16.0. The van der Waals surface area contributed by atoms with Crippen LogP contribution in [0.4, 0.5) is 46.5 Å². The van der Waals surface area contributed by atoms with Gasteiger partial charge in [0.1, 0.15) is 29.5 Å². The molecule has 2 atom stereocenters. The average molecular weight is 706 g/mol. The molecule has 0 aliphatic carbocycles. The molecule has 0 bridgehead atoms. The van der Waals surface area contributed by atoms with Gasteiger partial charge < -0.3 is 20.0 Å². The molecule has 50 heavy (non-hydrogen) atoms. The summed E-state index contributed by atoms with van der Waals surface area (Å²) < 4.78 is 114. The van der Waals surface area contributed by atoms with Crippen LogP contribution in [0.15, 0.2) is 85.3 Å². The van der Waals surface area contributed by atoms with Gasteiger partial charge in [-0.15, -0.1) is 5.10 Å². The Hall–Kier alpha value is -5.16. The molecule has 0 spiro atoms. The van der Waals surface area contributed by atoms with E-state index in [0.717, 1.165) is 47.0 Å². The molecule has 1 fully saturated rings. The van der Waals surface area contributed by atoms with Crippen LogP contribution in [0, 0.1) is 17.5 Å². The van der Waals surface area contributed by atoms with Gasteiger partial charge >= 0.3 is 12.1 Å². The number of halogens is 8. The van der Waals surface area contributed by atoms with Crippen molar-refractivity contribution in [3.8, 4) is 11.1 Å². The molecule has 3 aromatic carbocycles. The molecular formula is C33H27F8N7O2. The number of piperazine rings is 1. The first-order valence-electron chi connectivity index (χ1n) is 15.0. The van der Waals surface area contributed by atoms with E-state index < -0.39 is 64.6 Å². The van der Waals surface area contributed by atoms with Gasteiger partial charge in [-0.3, -0.25) is 4.98 Å². The first-order chi connectivity index (χ1) is 23.7. The van der Waals surface area contributed by atoms with E-state index in [1.165, 1.54) is 12.3 Å². The lowest BCUT2D eigenvalue weighted by atomic mass is 9.84. The lowest BCUT2D eigenvalue weighted by molar-refractivity contribution is -0.207. The van der Waals surface area contributed by atoms with E-state index in [-0.39, 0.29) is 5.69 Å². The predicted molar refractivity (Wildman–Crippen MR) is 163 cm³/mol. The van der Waals surface area contributed by atoms with Crippen molar-refractivity contribution in [2.75, 3.05) is 36.0 Å². The zero-order valence-corrected chi connectivity index (χ0v) is 25.7. The Bertz CT molecular complexity index is 1940. The predicted octanol–water partition coefficient (Wildman–Crippen LogP) is 5.75. The topological polar surface area (TPSA) is 103 Å². The zero-order chi connectivity index (χ0) is 35.8. The smallest absolute Gasteiger partial charge is 0.379 e. The number of hydrogen-bond donors (Lipinski definition) is 2. The number of aromatic nitrogens is 5. The minimum atomic E-state index is -4.94. The molecule has 0 radical (unpaired) electrons. The summed E-state index contributed by atoms with van der Waals surface area (Å²) in [6, 6.07) is 14.1. The van der Waals surface area contributed by atoms with Gasteiger partial charge in [-0.2, -0.15) is 22.0 Å². The minimum Gasteiger partial charge on any atom is -0.379 e. The lowest BCUT2D eigenvalue weighted by Crippen LogP contribution is -2.48. The molecule has 1 aliphatic rings. The number of hydrogen-bond acceptors (Lipinski definition) is 8. The highest BCUT2D eigenvalue weighted by molar-refractivity contribution is 5.66. The quantitative estimate of drug-likeness (QED) is 0.187. The van der Waals surface area contributed by atoms with Crippen molar-refractivity contribution in [2.45, 2.75) is 30.3 Å². The largest absolute Gasteiger partial charge is 0.418 e. The van der Waals surface area contributed by atoms with E-state index in [1.54, 1.807) is 29.2 Å². The maximum atomic E-state index is 16.1. The average Bonchev–Trinajstić information content (AvgIpc) is 3.60. The van der Waals surface area contributed by atoms with Crippen LogP contribution >= 0.6 is 0 Å². The number of tetrazole rings is 1. The molecule has 2 N–H and O–H groups in total. The minimum absolute atomic E-state index is 0.219. The zero-order valence-electron chi connectivity index (χ0n) is 25.7. The maximum absolute atomic E-state index is 16.1. The van der Waals surface area contributed by atoms with E-state index in [0.29, 0.717) is 49.4 Å². The summed E-state index contributed by atoms with van der Waals surface area (Å²) >= 11 is 0. The molecule has 1 aliphatic heterocycles. The van der Waals surface area contributed by atoms with Crippen molar-refractivity contribution < 1.29 is 45.3 Å². The summed E-state index contributed by atoms with van der Waals surface area (Å²) in [5.41, 5.74) is -3.57. The summed E-state index contributed by atoms with van der Waals surface area (Å²) in [5, 5.41) is 31.2. The number of aliphatic hydroxyl groups is 2. The fraction of sp³-hybridized carbons (Fsp3) is 0.273. The number of anilines is 2. The van der Waals surface area contributed by atoms with Crippen LogP contribution in [0.5, 0.6) is 0 Å². The second kappa shape index (κ2) is 13.3. The molecule has 6 rings (SSSR count). The second-order valence-electron chi connectivity index (χ2n) is 11.7. The van der Waals surface area contributed by atoms with Crippen LogP contribution in [0.25, 0.3) is 11.1 Å². The maximum Gasteiger partial charge on any atom is 0.418 e. The SMILES string of the molecule is O[C@H](c1cc(F)cc(N2CCN(c3ccc(-c4ccc(C(F)(F)[C@](O)(Cn5cnnn5)c5ccc(F)cc5F)nc4)cc3)CC2)c1)C(F)(F)F. The third kappa shape index (κ3) is 6.82. The Labute approximate surface area is 279 Å². The third-order valence-corrected chi connectivity index (χ3v) is 8.50.